The average molecular weight is 349 g/mol. The Hall–Kier alpha value is -2.28. The first-order valence-electron chi connectivity index (χ1n) is 8.44. The van der Waals surface area contributed by atoms with Crippen LogP contribution in [0.3, 0.4) is 0 Å². The fourth-order valence-electron chi connectivity index (χ4n) is 3.02. The Morgan fingerprint density at radius 3 is 2.60 bits per heavy atom. The minimum Gasteiger partial charge on any atom is -0.487 e. The minimum absolute atomic E-state index is 0.186. The highest BCUT2D eigenvalue weighted by Gasteiger charge is 2.21. The van der Waals surface area contributed by atoms with E-state index in [4.69, 9.17) is 4.74 Å². The van der Waals surface area contributed by atoms with Crippen molar-refractivity contribution in [1.29, 1.82) is 0 Å². The van der Waals surface area contributed by atoms with E-state index in [1.165, 1.54) is 24.4 Å². The Balaban J connectivity index is 1.42. The highest BCUT2D eigenvalue weighted by Crippen LogP contribution is 2.24. The van der Waals surface area contributed by atoms with Crippen LogP contribution < -0.4 is 10.3 Å². The molecular formula is C18H21F2N3O2. The van der Waals surface area contributed by atoms with Gasteiger partial charge in [0, 0.05) is 24.9 Å². The molecule has 2 heterocycles. The van der Waals surface area contributed by atoms with Crippen molar-refractivity contribution in [2.24, 2.45) is 5.92 Å². The number of halogens is 2. The van der Waals surface area contributed by atoms with Crippen molar-refractivity contribution in [3.8, 4) is 5.75 Å². The third-order valence-electron chi connectivity index (χ3n) is 4.49. The summed E-state index contributed by atoms with van der Waals surface area (Å²) in [5, 5.41) is 0. The second-order valence-electron chi connectivity index (χ2n) is 6.32. The number of hydrogen-bond acceptors (Lipinski definition) is 4. The van der Waals surface area contributed by atoms with Crippen LogP contribution in [-0.4, -0.2) is 41.1 Å². The molecule has 0 radical (unpaired) electrons. The van der Waals surface area contributed by atoms with Crippen LogP contribution in [0.5, 0.6) is 5.75 Å². The smallest absolute Gasteiger partial charge is 0.266 e. The molecule has 0 atom stereocenters. The molecule has 0 spiro atoms. The van der Waals surface area contributed by atoms with Gasteiger partial charge in [0.15, 0.2) is 17.4 Å². The van der Waals surface area contributed by atoms with Crippen LogP contribution in [0.15, 0.2) is 35.4 Å². The number of piperidine rings is 1. The van der Waals surface area contributed by atoms with Gasteiger partial charge < -0.3 is 14.6 Å². The third-order valence-corrected chi connectivity index (χ3v) is 4.49. The molecule has 0 aliphatic carbocycles. The van der Waals surface area contributed by atoms with Gasteiger partial charge in [-0.15, -0.1) is 0 Å². The van der Waals surface area contributed by atoms with Gasteiger partial charge in [0.05, 0.1) is 12.8 Å². The molecule has 0 bridgehead atoms. The lowest BCUT2D eigenvalue weighted by atomic mass is 9.97. The van der Waals surface area contributed by atoms with Crippen LogP contribution in [0.25, 0.3) is 0 Å². The number of benzene rings is 1. The van der Waals surface area contributed by atoms with Crippen molar-refractivity contribution < 1.29 is 13.5 Å². The van der Waals surface area contributed by atoms with Gasteiger partial charge in [-0.25, -0.2) is 8.78 Å². The highest BCUT2D eigenvalue weighted by molar-refractivity contribution is 5.26. The van der Waals surface area contributed by atoms with Crippen molar-refractivity contribution in [3.05, 3.63) is 58.3 Å². The summed E-state index contributed by atoms with van der Waals surface area (Å²) in [7, 11) is 0. The van der Waals surface area contributed by atoms with Gasteiger partial charge in [0.25, 0.3) is 5.56 Å². The van der Waals surface area contributed by atoms with Crippen molar-refractivity contribution in [3.63, 3.8) is 0 Å². The fourth-order valence-corrected chi connectivity index (χ4v) is 3.02. The standard InChI is InChI=1S/C18H21F2N3O2/c19-15-2-1-3-16(20)18(15)25-12-13-4-7-23(8-5-13)9-6-14-10-21-11-17(24)22-14/h1-3,10-11,13H,4-9,12H2,(H,22,24). The Labute approximate surface area is 144 Å². The third kappa shape index (κ3) is 4.85. The lowest BCUT2D eigenvalue weighted by Gasteiger charge is -2.31. The summed E-state index contributed by atoms with van der Waals surface area (Å²) in [6.07, 6.45) is 5.50. The summed E-state index contributed by atoms with van der Waals surface area (Å²) in [6.45, 7) is 2.97. The molecule has 2 aromatic rings. The molecule has 1 N–H and O–H groups in total. The van der Waals surface area contributed by atoms with E-state index in [-0.39, 0.29) is 17.2 Å². The Kier molecular flexibility index (Phi) is 5.75. The topological polar surface area (TPSA) is 58.2 Å². The number of nitrogens with zero attached hydrogens (tertiary/aromatic N) is 2. The molecule has 1 aliphatic rings. The quantitative estimate of drug-likeness (QED) is 0.870. The van der Waals surface area contributed by atoms with E-state index in [2.05, 4.69) is 14.9 Å². The lowest BCUT2D eigenvalue weighted by Crippen LogP contribution is -2.37. The molecule has 134 valence electrons. The normalized spacial score (nSPS) is 16.1. The zero-order chi connectivity index (χ0) is 17.6. The van der Waals surface area contributed by atoms with Gasteiger partial charge >= 0.3 is 0 Å². The predicted molar refractivity (Wildman–Crippen MR) is 89.6 cm³/mol. The molecule has 1 fully saturated rings. The maximum atomic E-state index is 13.6. The summed E-state index contributed by atoms with van der Waals surface area (Å²) in [5.41, 5.74) is 0.640. The zero-order valence-electron chi connectivity index (χ0n) is 13.9. The summed E-state index contributed by atoms with van der Waals surface area (Å²) < 4.78 is 32.5. The number of nitrogens with one attached hydrogen (secondary N) is 1. The van der Waals surface area contributed by atoms with Gasteiger partial charge in [0.2, 0.25) is 0 Å². The largest absolute Gasteiger partial charge is 0.487 e. The maximum Gasteiger partial charge on any atom is 0.266 e. The number of likely N-dealkylation sites (tertiary alicyclic amines) is 1. The van der Waals surface area contributed by atoms with Crippen LogP contribution >= 0.6 is 0 Å². The van der Waals surface area contributed by atoms with E-state index in [0.29, 0.717) is 6.61 Å². The second kappa shape index (κ2) is 8.20. The number of H-pyrrole nitrogens is 1. The number of ether oxygens (including phenoxy) is 1. The molecule has 1 aromatic heterocycles. The first-order valence-corrected chi connectivity index (χ1v) is 8.44. The number of para-hydroxylation sites is 1. The number of hydrogen-bond donors (Lipinski definition) is 1. The van der Waals surface area contributed by atoms with Crippen molar-refractivity contribution >= 4 is 0 Å². The van der Waals surface area contributed by atoms with Gasteiger partial charge in [0.1, 0.15) is 0 Å². The molecule has 1 aliphatic heterocycles. The summed E-state index contributed by atoms with van der Waals surface area (Å²) >= 11 is 0. The molecule has 25 heavy (non-hydrogen) atoms. The fraction of sp³-hybridized carbons (Fsp3) is 0.444. The van der Waals surface area contributed by atoms with E-state index >= 15 is 0 Å². The second-order valence-corrected chi connectivity index (χ2v) is 6.32. The van der Waals surface area contributed by atoms with Crippen molar-refractivity contribution in [2.75, 3.05) is 26.2 Å². The monoisotopic (exact) mass is 349 g/mol. The van der Waals surface area contributed by atoms with E-state index in [0.717, 1.165) is 44.6 Å². The summed E-state index contributed by atoms with van der Waals surface area (Å²) in [6, 6.07) is 3.72. The summed E-state index contributed by atoms with van der Waals surface area (Å²) in [4.78, 5) is 20.2. The van der Waals surface area contributed by atoms with E-state index in [1.807, 2.05) is 0 Å². The highest BCUT2D eigenvalue weighted by atomic mass is 19.1. The number of aromatic amines is 1. The zero-order valence-corrected chi connectivity index (χ0v) is 13.9. The molecule has 3 rings (SSSR count). The molecule has 1 aromatic carbocycles. The molecular weight excluding hydrogens is 328 g/mol. The van der Waals surface area contributed by atoms with Crippen LogP contribution in [0.1, 0.15) is 18.5 Å². The van der Waals surface area contributed by atoms with Crippen LogP contribution in [0.4, 0.5) is 8.78 Å². The minimum atomic E-state index is -0.664. The first-order chi connectivity index (χ1) is 12.1. The van der Waals surface area contributed by atoms with Crippen molar-refractivity contribution in [1.82, 2.24) is 14.9 Å². The van der Waals surface area contributed by atoms with Gasteiger partial charge in [-0.2, -0.15) is 0 Å². The number of rotatable bonds is 6. The Morgan fingerprint density at radius 2 is 1.92 bits per heavy atom. The van der Waals surface area contributed by atoms with E-state index in [1.54, 1.807) is 6.20 Å². The Morgan fingerprint density at radius 1 is 1.20 bits per heavy atom. The Bertz CT molecular complexity index is 738. The molecule has 5 nitrogen and oxygen atoms in total. The molecule has 0 unspecified atom stereocenters. The first kappa shape index (κ1) is 17.5. The van der Waals surface area contributed by atoms with Crippen LogP contribution in [-0.2, 0) is 6.42 Å². The molecule has 0 saturated carbocycles. The van der Waals surface area contributed by atoms with Gasteiger partial charge in [-0.3, -0.25) is 9.78 Å². The predicted octanol–water partition coefficient (Wildman–Crippen LogP) is 2.38. The average Bonchev–Trinajstić information content (AvgIpc) is 2.61. The van der Waals surface area contributed by atoms with Gasteiger partial charge in [-0.1, -0.05) is 6.07 Å². The van der Waals surface area contributed by atoms with E-state index in [9.17, 15) is 13.6 Å². The van der Waals surface area contributed by atoms with Crippen LogP contribution in [0, 0.1) is 17.6 Å². The molecule has 7 heteroatoms. The maximum absolute atomic E-state index is 13.6. The SMILES string of the molecule is O=c1cncc(CCN2CCC(COc3c(F)cccc3F)CC2)[nH]1. The van der Waals surface area contributed by atoms with Crippen molar-refractivity contribution in [2.45, 2.75) is 19.3 Å². The molecule has 0 amide bonds. The summed E-state index contributed by atoms with van der Waals surface area (Å²) in [5.74, 6) is -1.33. The van der Waals surface area contributed by atoms with Crippen LogP contribution in [0.2, 0.25) is 0 Å². The van der Waals surface area contributed by atoms with Gasteiger partial charge in [-0.05, 0) is 44.0 Å². The molecule has 1 saturated heterocycles. The van der Waals surface area contributed by atoms with E-state index < -0.39 is 11.6 Å². The lowest BCUT2D eigenvalue weighted by molar-refractivity contribution is 0.137. The number of aromatic nitrogens is 2.